The molecular formula is C20H32N2O3Si. The number of rotatable bonds is 7. The summed E-state index contributed by atoms with van der Waals surface area (Å²) in [4.78, 5) is 15.3. The molecule has 0 spiro atoms. The van der Waals surface area contributed by atoms with Gasteiger partial charge in [-0.3, -0.25) is 0 Å². The lowest BCUT2D eigenvalue weighted by Crippen LogP contribution is -2.49. The van der Waals surface area contributed by atoms with Crippen molar-refractivity contribution in [2.45, 2.75) is 65.1 Å². The Balaban J connectivity index is 2.24. The highest BCUT2D eigenvalue weighted by atomic mass is 28.4. The SMILES string of the molecule is CC(C)[Si](OCC1(C)C=Cc2nc(C(=O)O)cn2C=C1)(C(C)C)C(C)C. The fourth-order valence-electron chi connectivity index (χ4n) is 4.20. The van der Waals surface area contributed by atoms with Crippen LogP contribution in [0.2, 0.25) is 16.6 Å². The highest BCUT2D eigenvalue weighted by Crippen LogP contribution is 2.43. The van der Waals surface area contributed by atoms with Crippen molar-refractivity contribution in [3.05, 3.63) is 29.9 Å². The molecule has 0 bridgehead atoms. The van der Waals surface area contributed by atoms with Gasteiger partial charge in [0.15, 0.2) is 14.0 Å². The van der Waals surface area contributed by atoms with Crippen LogP contribution in [0.25, 0.3) is 12.3 Å². The Bertz CT molecular complexity index is 663. The molecule has 26 heavy (non-hydrogen) atoms. The number of aromatic nitrogens is 2. The van der Waals surface area contributed by atoms with E-state index in [0.29, 0.717) is 29.1 Å². The zero-order valence-electron chi connectivity index (χ0n) is 17.0. The molecule has 0 amide bonds. The number of carboxylic acid groups (broad SMARTS) is 1. The Morgan fingerprint density at radius 3 is 2.27 bits per heavy atom. The van der Waals surface area contributed by atoms with E-state index in [9.17, 15) is 4.79 Å². The maximum Gasteiger partial charge on any atom is 0.356 e. The number of hydrogen-bond acceptors (Lipinski definition) is 3. The number of nitrogens with zero attached hydrogens (tertiary/aromatic N) is 2. The van der Waals surface area contributed by atoms with Crippen molar-refractivity contribution in [2.24, 2.45) is 5.41 Å². The number of aromatic carboxylic acids is 1. The van der Waals surface area contributed by atoms with Crippen LogP contribution in [-0.2, 0) is 4.43 Å². The first-order valence-corrected chi connectivity index (χ1v) is 11.5. The monoisotopic (exact) mass is 376 g/mol. The van der Waals surface area contributed by atoms with Crippen LogP contribution in [-0.4, -0.2) is 35.6 Å². The molecule has 1 atom stereocenters. The Morgan fingerprint density at radius 1 is 1.19 bits per heavy atom. The van der Waals surface area contributed by atoms with Gasteiger partial charge in [0, 0.05) is 24.4 Å². The van der Waals surface area contributed by atoms with Crippen molar-refractivity contribution in [2.75, 3.05) is 6.61 Å². The van der Waals surface area contributed by atoms with Crippen molar-refractivity contribution in [3.63, 3.8) is 0 Å². The average molecular weight is 377 g/mol. The van der Waals surface area contributed by atoms with Crippen molar-refractivity contribution in [1.29, 1.82) is 0 Å². The predicted octanol–water partition coefficient (Wildman–Crippen LogP) is 5.28. The van der Waals surface area contributed by atoms with Crippen LogP contribution in [0.1, 0.15) is 64.8 Å². The van der Waals surface area contributed by atoms with Crippen LogP contribution in [0.15, 0.2) is 18.3 Å². The fraction of sp³-hybridized carbons (Fsp3) is 0.600. The first-order valence-electron chi connectivity index (χ1n) is 9.36. The molecule has 5 nitrogen and oxygen atoms in total. The fourth-order valence-corrected chi connectivity index (χ4v) is 9.76. The highest BCUT2D eigenvalue weighted by Gasteiger charge is 2.45. The molecule has 0 fully saturated rings. The van der Waals surface area contributed by atoms with Crippen molar-refractivity contribution >= 4 is 26.6 Å². The molecule has 1 N–H and O–H groups in total. The van der Waals surface area contributed by atoms with E-state index >= 15 is 0 Å². The summed E-state index contributed by atoms with van der Waals surface area (Å²) in [6.45, 7) is 16.5. The summed E-state index contributed by atoms with van der Waals surface area (Å²) in [7, 11) is -1.93. The standard InChI is InChI=1S/C20H32N2O3Si/c1-14(2)26(15(3)4,16(5)6)25-13-20(7)9-8-18-21-17(19(23)24)12-22(18)11-10-20/h8-12,14-16H,13H2,1-7H3,(H,23,24). The Labute approximate surface area is 157 Å². The van der Waals surface area contributed by atoms with Gasteiger partial charge < -0.3 is 14.1 Å². The summed E-state index contributed by atoms with van der Waals surface area (Å²) in [5.74, 6) is -0.387. The molecule has 0 radical (unpaired) electrons. The van der Waals surface area contributed by atoms with Gasteiger partial charge in [0.05, 0.1) is 0 Å². The second-order valence-electron chi connectivity index (χ2n) is 8.46. The summed E-state index contributed by atoms with van der Waals surface area (Å²) in [6, 6.07) is 0. The van der Waals surface area contributed by atoms with E-state index in [-0.39, 0.29) is 11.1 Å². The van der Waals surface area contributed by atoms with Crippen molar-refractivity contribution in [1.82, 2.24) is 9.55 Å². The number of imidazole rings is 1. The molecule has 1 aromatic heterocycles. The van der Waals surface area contributed by atoms with Crippen LogP contribution in [0.3, 0.4) is 0 Å². The number of fused-ring (bicyclic) bond motifs is 1. The van der Waals surface area contributed by atoms with Gasteiger partial charge in [-0.1, -0.05) is 60.6 Å². The number of carboxylic acids is 1. The lowest BCUT2D eigenvalue weighted by molar-refractivity contribution is 0.0691. The van der Waals surface area contributed by atoms with E-state index in [1.54, 1.807) is 10.8 Å². The van der Waals surface area contributed by atoms with Crippen LogP contribution in [0.4, 0.5) is 0 Å². The molecule has 1 unspecified atom stereocenters. The van der Waals surface area contributed by atoms with Gasteiger partial charge in [0.25, 0.3) is 0 Å². The van der Waals surface area contributed by atoms with E-state index in [4.69, 9.17) is 9.53 Å². The minimum atomic E-state index is -1.93. The van der Waals surface area contributed by atoms with Gasteiger partial charge in [-0.05, 0) is 22.7 Å². The molecule has 0 saturated heterocycles. The third-order valence-corrected chi connectivity index (χ3v) is 11.6. The maximum absolute atomic E-state index is 11.1. The Hall–Kier alpha value is -1.66. The van der Waals surface area contributed by atoms with Crippen LogP contribution in [0, 0.1) is 5.41 Å². The average Bonchev–Trinajstić information content (AvgIpc) is 2.88. The van der Waals surface area contributed by atoms with E-state index in [0.717, 1.165) is 0 Å². The Morgan fingerprint density at radius 2 is 1.77 bits per heavy atom. The quantitative estimate of drug-likeness (QED) is 0.658. The normalized spacial score (nSPS) is 20.1. The van der Waals surface area contributed by atoms with Crippen LogP contribution in [0.5, 0.6) is 0 Å². The van der Waals surface area contributed by atoms with Gasteiger partial charge >= 0.3 is 5.97 Å². The summed E-state index contributed by atoms with van der Waals surface area (Å²) in [5.41, 5.74) is 1.43. The largest absolute Gasteiger partial charge is 0.476 e. The summed E-state index contributed by atoms with van der Waals surface area (Å²) in [5, 5.41) is 9.10. The van der Waals surface area contributed by atoms with Gasteiger partial charge in [-0.2, -0.15) is 0 Å². The minimum Gasteiger partial charge on any atom is -0.476 e. The molecule has 6 heteroatoms. The molecule has 0 aliphatic carbocycles. The molecule has 2 heterocycles. The molecule has 1 aliphatic heterocycles. The van der Waals surface area contributed by atoms with E-state index in [1.807, 2.05) is 12.3 Å². The third-order valence-electron chi connectivity index (χ3n) is 5.55. The lowest BCUT2D eigenvalue weighted by atomic mass is 9.92. The lowest BCUT2D eigenvalue weighted by Gasteiger charge is -2.43. The molecule has 1 aromatic rings. The molecule has 2 rings (SSSR count). The minimum absolute atomic E-state index is 0.0556. The van der Waals surface area contributed by atoms with E-state index in [2.05, 4.69) is 65.6 Å². The molecule has 0 saturated carbocycles. The third kappa shape index (κ3) is 3.86. The molecule has 144 valence electrons. The second kappa shape index (κ2) is 7.52. The molecule has 0 aromatic carbocycles. The second-order valence-corrected chi connectivity index (χ2v) is 13.9. The topological polar surface area (TPSA) is 64.3 Å². The smallest absolute Gasteiger partial charge is 0.356 e. The summed E-state index contributed by atoms with van der Waals surface area (Å²) >= 11 is 0. The predicted molar refractivity (Wildman–Crippen MR) is 109 cm³/mol. The van der Waals surface area contributed by atoms with Gasteiger partial charge in [0.1, 0.15) is 5.82 Å². The first-order chi connectivity index (χ1) is 12.0. The van der Waals surface area contributed by atoms with E-state index < -0.39 is 14.3 Å². The van der Waals surface area contributed by atoms with Crippen LogP contribution >= 0.6 is 0 Å². The maximum atomic E-state index is 11.1. The van der Waals surface area contributed by atoms with Crippen LogP contribution < -0.4 is 0 Å². The number of hydrogen-bond donors (Lipinski definition) is 1. The van der Waals surface area contributed by atoms with Gasteiger partial charge in [-0.25, -0.2) is 9.78 Å². The van der Waals surface area contributed by atoms with Gasteiger partial charge in [0.2, 0.25) is 0 Å². The zero-order chi connectivity index (χ0) is 19.7. The highest BCUT2D eigenvalue weighted by molar-refractivity contribution is 6.77. The summed E-state index contributed by atoms with van der Waals surface area (Å²) in [6.07, 6.45) is 9.47. The zero-order valence-corrected chi connectivity index (χ0v) is 18.0. The molecule has 1 aliphatic rings. The first kappa shape index (κ1) is 20.6. The Kier molecular flexibility index (Phi) is 5.98. The molecular weight excluding hydrogens is 344 g/mol. The van der Waals surface area contributed by atoms with E-state index in [1.165, 1.54) is 0 Å². The van der Waals surface area contributed by atoms with Crippen molar-refractivity contribution in [3.8, 4) is 0 Å². The number of carbonyl (C=O) groups is 1. The van der Waals surface area contributed by atoms with Gasteiger partial charge in [-0.15, -0.1) is 0 Å². The summed E-state index contributed by atoms with van der Waals surface area (Å²) < 4.78 is 8.52. The van der Waals surface area contributed by atoms with Crippen molar-refractivity contribution < 1.29 is 14.3 Å².